The molecule has 0 aromatic rings. The topological polar surface area (TPSA) is 79.3 Å². The molecule has 0 amide bonds. The Morgan fingerprint density at radius 2 is 2.00 bits per heavy atom. The van der Waals surface area contributed by atoms with Gasteiger partial charge in [0.05, 0.1) is 12.0 Å². The SMILES string of the molecule is CNC(CCCNCCCCN)N(C)/C(N)=C/C=C\CF. The number of hydrogen-bond acceptors (Lipinski definition) is 5. The zero-order valence-electron chi connectivity index (χ0n) is 13.4. The number of nitrogens with two attached hydrogens (primary N) is 2. The van der Waals surface area contributed by atoms with Crippen molar-refractivity contribution in [1.29, 1.82) is 0 Å². The summed E-state index contributed by atoms with van der Waals surface area (Å²) >= 11 is 0. The van der Waals surface area contributed by atoms with E-state index < -0.39 is 6.67 Å². The van der Waals surface area contributed by atoms with Crippen molar-refractivity contribution >= 4 is 0 Å². The fraction of sp³-hybridized carbons (Fsp3) is 0.733. The summed E-state index contributed by atoms with van der Waals surface area (Å²) in [5.41, 5.74) is 11.4. The van der Waals surface area contributed by atoms with Crippen LogP contribution >= 0.6 is 0 Å². The summed E-state index contributed by atoms with van der Waals surface area (Å²) < 4.78 is 12.0. The van der Waals surface area contributed by atoms with Crippen LogP contribution in [0.5, 0.6) is 0 Å². The van der Waals surface area contributed by atoms with Crippen LogP contribution in [-0.4, -0.2) is 51.5 Å². The second kappa shape index (κ2) is 13.9. The van der Waals surface area contributed by atoms with E-state index in [1.807, 2.05) is 19.0 Å². The Morgan fingerprint density at radius 1 is 1.29 bits per heavy atom. The molecule has 0 bridgehead atoms. The molecule has 0 aromatic carbocycles. The molecule has 0 heterocycles. The van der Waals surface area contributed by atoms with Crippen molar-refractivity contribution in [1.82, 2.24) is 15.5 Å². The van der Waals surface area contributed by atoms with Crippen LogP contribution in [0.15, 0.2) is 24.0 Å². The largest absolute Gasteiger partial charge is 0.385 e. The van der Waals surface area contributed by atoms with Gasteiger partial charge in [-0.3, -0.25) is 0 Å². The minimum atomic E-state index is -0.473. The third-order valence-corrected chi connectivity index (χ3v) is 3.34. The molecule has 6 N–H and O–H groups in total. The van der Waals surface area contributed by atoms with Gasteiger partial charge in [-0.25, -0.2) is 4.39 Å². The van der Waals surface area contributed by atoms with Crippen LogP contribution in [0.2, 0.25) is 0 Å². The van der Waals surface area contributed by atoms with Gasteiger partial charge in [0.2, 0.25) is 0 Å². The van der Waals surface area contributed by atoms with Crippen molar-refractivity contribution in [3.63, 3.8) is 0 Å². The zero-order valence-corrected chi connectivity index (χ0v) is 13.4. The summed E-state index contributed by atoms with van der Waals surface area (Å²) in [6.07, 6.45) is 9.20. The molecule has 0 rings (SSSR count). The number of nitrogens with zero attached hydrogens (tertiary/aromatic N) is 1. The lowest BCUT2D eigenvalue weighted by molar-refractivity contribution is 0.246. The van der Waals surface area contributed by atoms with E-state index >= 15 is 0 Å². The normalized spacial score (nSPS) is 13.8. The van der Waals surface area contributed by atoms with E-state index in [1.165, 1.54) is 6.08 Å². The number of hydrogen-bond donors (Lipinski definition) is 4. The smallest absolute Gasteiger partial charge is 0.108 e. The molecule has 0 aromatic heterocycles. The van der Waals surface area contributed by atoms with Crippen molar-refractivity contribution in [2.24, 2.45) is 11.5 Å². The first kappa shape index (κ1) is 19.9. The Labute approximate surface area is 128 Å². The van der Waals surface area contributed by atoms with Gasteiger partial charge in [0.25, 0.3) is 0 Å². The van der Waals surface area contributed by atoms with E-state index in [9.17, 15) is 4.39 Å². The van der Waals surface area contributed by atoms with Crippen LogP contribution in [-0.2, 0) is 0 Å². The molecule has 6 heteroatoms. The Kier molecular flexibility index (Phi) is 13.1. The highest BCUT2D eigenvalue weighted by Crippen LogP contribution is 2.05. The molecule has 0 saturated heterocycles. The Morgan fingerprint density at radius 3 is 2.62 bits per heavy atom. The van der Waals surface area contributed by atoms with E-state index in [2.05, 4.69) is 10.6 Å². The lowest BCUT2D eigenvalue weighted by atomic mass is 10.2. The van der Waals surface area contributed by atoms with Crippen LogP contribution < -0.4 is 22.1 Å². The van der Waals surface area contributed by atoms with Gasteiger partial charge in [-0.1, -0.05) is 12.2 Å². The van der Waals surface area contributed by atoms with Crippen molar-refractivity contribution in [2.45, 2.75) is 31.8 Å². The lowest BCUT2D eigenvalue weighted by Crippen LogP contribution is -2.43. The molecule has 124 valence electrons. The van der Waals surface area contributed by atoms with E-state index in [0.29, 0.717) is 5.82 Å². The Balaban J connectivity index is 3.97. The summed E-state index contributed by atoms with van der Waals surface area (Å²) in [6, 6.07) is 0. The van der Waals surface area contributed by atoms with Crippen molar-refractivity contribution in [2.75, 3.05) is 40.4 Å². The molecule has 1 atom stereocenters. The minimum Gasteiger partial charge on any atom is -0.385 e. The second-order valence-electron chi connectivity index (χ2n) is 4.98. The van der Waals surface area contributed by atoms with Gasteiger partial charge in [0, 0.05) is 7.05 Å². The predicted octanol–water partition coefficient (Wildman–Crippen LogP) is 0.898. The molecule has 0 aliphatic carbocycles. The number of unbranched alkanes of at least 4 members (excludes halogenated alkanes) is 1. The second-order valence-corrected chi connectivity index (χ2v) is 4.98. The van der Waals surface area contributed by atoms with Crippen LogP contribution in [0, 0.1) is 0 Å². The van der Waals surface area contributed by atoms with Gasteiger partial charge in [0.15, 0.2) is 0 Å². The number of allylic oxidation sites excluding steroid dienone is 3. The van der Waals surface area contributed by atoms with E-state index in [4.69, 9.17) is 11.5 Å². The molecule has 0 aliphatic rings. The molecular formula is C15H32FN5. The highest BCUT2D eigenvalue weighted by Gasteiger charge is 2.12. The Bertz CT molecular complexity index is 294. The van der Waals surface area contributed by atoms with Gasteiger partial charge < -0.3 is 27.0 Å². The van der Waals surface area contributed by atoms with Gasteiger partial charge >= 0.3 is 0 Å². The maximum Gasteiger partial charge on any atom is 0.108 e. The predicted molar refractivity (Wildman–Crippen MR) is 88.4 cm³/mol. The van der Waals surface area contributed by atoms with Gasteiger partial charge in [-0.2, -0.15) is 0 Å². The minimum absolute atomic E-state index is 0.172. The third-order valence-electron chi connectivity index (χ3n) is 3.34. The number of halogens is 1. The highest BCUT2D eigenvalue weighted by molar-refractivity contribution is 5.09. The maximum atomic E-state index is 12.0. The first-order valence-electron chi connectivity index (χ1n) is 7.66. The van der Waals surface area contributed by atoms with Gasteiger partial charge in [0.1, 0.15) is 6.67 Å². The average molecular weight is 301 g/mol. The molecule has 5 nitrogen and oxygen atoms in total. The zero-order chi connectivity index (χ0) is 15.9. The molecular weight excluding hydrogens is 269 g/mol. The summed E-state index contributed by atoms with van der Waals surface area (Å²) in [4.78, 5) is 1.97. The molecule has 21 heavy (non-hydrogen) atoms. The first-order valence-corrected chi connectivity index (χ1v) is 7.66. The summed E-state index contributed by atoms with van der Waals surface area (Å²) in [6.45, 7) is 2.30. The van der Waals surface area contributed by atoms with Crippen LogP contribution in [0.3, 0.4) is 0 Å². The average Bonchev–Trinajstić information content (AvgIpc) is 2.49. The number of alkyl halides is 1. The van der Waals surface area contributed by atoms with Crippen molar-refractivity contribution in [3.8, 4) is 0 Å². The van der Waals surface area contributed by atoms with Gasteiger partial charge in [-0.15, -0.1) is 0 Å². The first-order chi connectivity index (χ1) is 10.2. The molecule has 0 aliphatic heterocycles. The quantitative estimate of drug-likeness (QED) is 0.231. The van der Waals surface area contributed by atoms with Crippen LogP contribution in [0.25, 0.3) is 0 Å². The fourth-order valence-corrected chi connectivity index (χ4v) is 1.99. The monoisotopic (exact) mass is 301 g/mol. The van der Waals surface area contributed by atoms with E-state index in [-0.39, 0.29) is 6.17 Å². The van der Waals surface area contributed by atoms with Crippen LogP contribution in [0.1, 0.15) is 25.7 Å². The fourth-order valence-electron chi connectivity index (χ4n) is 1.99. The third kappa shape index (κ3) is 10.3. The number of nitrogens with one attached hydrogen (secondary N) is 2. The molecule has 0 saturated carbocycles. The van der Waals surface area contributed by atoms with E-state index in [0.717, 1.165) is 45.3 Å². The molecule has 0 fully saturated rings. The molecule has 1 unspecified atom stereocenters. The Hall–Kier alpha value is -1.11. The highest BCUT2D eigenvalue weighted by atomic mass is 19.1. The van der Waals surface area contributed by atoms with Crippen molar-refractivity contribution in [3.05, 3.63) is 24.0 Å². The molecule has 0 radical (unpaired) electrons. The number of rotatable bonds is 13. The standard InChI is InChI=1S/C15H32FN5/c1-19-15(9-7-13-20-12-6-5-11-17)21(2)14(18)8-3-4-10-16/h3-4,8,15,19-20H,5-7,9-13,17-18H2,1-2H3/b4-3-,14-8+. The van der Waals surface area contributed by atoms with Crippen molar-refractivity contribution < 1.29 is 4.39 Å². The summed E-state index contributed by atoms with van der Waals surface area (Å²) in [5, 5.41) is 6.66. The summed E-state index contributed by atoms with van der Waals surface area (Å²) in [5.74, 6) is 0.620. The van der Waals surface area contributed by atoms with Crippen LogP contribution in [0.4, 0.5) is 4.39 Å². The van der Waals surface area contributed by atoms with Gasteiger partial charge in [-0.05, 0) is 58.4 Å². The molecule has 0 spiro atoms. The maximum absolute atomic E-state index is 12.0. The lowest BCUT2D eigenvalue weighted by Gasteiger charge is -2.29. The van der Waals surface area contributed by atoms with E-state index in [1.54, 1.807) is 12.2 Å². The summed E-state index contributed by atoms with van der Waals surface area (Å²) in [7, 11) is 3.85.